The summed E-state index contributed by atoms with van der Waals surface area (Å²) in [5, 5.41) is 9.54. The summed E-state index contributed by atoms with van der Waals surface area (Å²) < 4.78 is 29.7. The molecule has 0 radical (unpaired) electrons. The Bertz CT molecular complexity index is 1190. The van der Waals surface area contributed by atoms with Gasteiger partial charge in [-0.3, -0.25) is 4.90 Å². The number of nitrogens with zero attached hydrogens (tertiary/aromatic N) is 5. The lowest BCUT2D eigenvalue weighted by Crippen LogP contribution is -2.42. The van der Waals surface area contributed by atoms with Crippen molar-refractivity contribution in [2.24, 2.45) is 0 Å². The summed E-state index contributed by atoms with van der Waals surface area (Å²) in [5.41, 5.74) is 2.61. The maximum absolute atomic E-state index is 14.9. The zero-order valence-electron chi connectivity index (χ0n) is 20.1. The van der Waals surface area contributed by atoms with Gasteiger partial charge in [0.05, 0.1) is 23.7 Å². The molecular weight excluding hydrogens is 450 g/mol. The van der Waals surface area contributed by atoms with E-state index in [9.17, 15) is 8.78 Å². The Balaban J connectivity index is 1.37. The minimum absolute atomic E-state index is 0.0304. The summed E-state index contributed by atoms with van der Waals surface area (Å²) >= 11 is 0. The number of benzene rings is 1. The number of hydrogen-bond acceptors (Lipinski definition) is 8. The fourth-order valence-electron chi connectivity index (χ4n) is 4.75. The smallest absolute Gasteiger partial charge is 0.229 e. The Labute approximate surface area is 203 Å². The van der Waals surface area contributed by atoms with Gasteiger partial charge in [0.2, 0.25) is 5.95 Å². The minimum atomic E-state index is -0.621. The van der Waals surface area contributed by atoms with Crippen LogP contribution in [0.3, 0.4) is 0 Å². The Morgan fingerprint density at radius 1 is 1.09 bits per heavy atom. The predicted octanol–water partition coefficient (Wildman–Crippen LogP) is 3.95. The molecule has 2 aliphatic heterocycles. The van der Waals surface area contributed by atoms with Gasteiger partial charge in [-0.1, -0.05) is 6.07 Å². The molecule has 1 fully saturated rings. The van der Waals surface area contributed by atoms with Crippen LogP contribution in [0.25, 0.3) is 11.3 Å². The van der Waals surface area contributed by atoms with Crippen LogP contribution in [0.1, 0.15) is 26.3 Å². The molecule has 2 aromatic heterocycles. The minimum Gasteiger partial charge on any atom is -0.361 e. The molecule has 4 heterocycles. The quantitative estimate of drug-likeness (QED) is 0.489. The monoisotopic (exact) mass is 480 g/mol. The third kappa shape index (κ3) is 4.89. The number of hydrogen-bond donors (Lipinski definition) is 3. The average molecular weight is 481 g/mol. The molecule has 0 amide bonds. The van der Waals surface area contributed by atoms with Crippen molar-refractivity contribution in [3.8, 4) is 11.3 Å². The van der Waals surface area contributed by atoms with Crippen molar-refractivity contribution in [3.05, 3.63) is 53.9 Å². The lowest BCUT2D eigenvalue weighted by atomic mass is 10.1. The van der Waals surface area contributed by atoms with Crippen molar-refractivity contribution in [1.29, 1.82) is 0 Å². The van der Waals surface area contributed by atoms with E-state index >= 15 is 0 Å². The van der Waals surface area contributed by atoms with Crippen molar-refractivity contribution < 1.29 is 8.78 Å². The molecule has 3 aromatic rings. The van der Waals surface area contributed by atoms with Gasteiger partial charge in [-0.05, 0) is 44.5 Å². The van der Waals surface area contributed by atoms with Gasteiger partial charge in [-0.25, -0.2) is 23.7 Å². The Hall–Kier alpha value is -3.37. The second kappa shape index (κ2) is 9.71. The molecule has 3 N–H and O–H groups in total. The highest BCUT2D eigenvalue weighted by atomic mass is 19.1. The van der Waals surface area contributed by atoms with Crippen LogP contribution in [-0.2, 0) is 6.54 Å². The first-order valence-corrected chi connectivity index (χ1v) is 12.0. The first-order valence-electron chi connectivity index (χ1n) is 12.0. The number of fused-ring (bicyclic) bond motifs is 1. The zero-order valence-corrected chi connectivity index (χ0v) is 20.1. The molecule has 0 bridgehead atoms. The molecular formula is C25H30F2N8. The van der Waals surface area contributed by atoms with E-state index in [1.54, 1.807) is 6.07 Å². The van der Waals surface area contributed by atoms with E-state index in [2.05, 4.69) is 40.7 Å². The number of nitrogens with one attached hydrogen (secondary N) is 3. The van der Waals surface area contributed by atoms with Gasteiger partial charge in [0, 0.05) is 50.5 Å². The van der Waals surface area contributed by atoms with Gasteiger partial charge in [0.1, 0.15) is 17.3 Å². The number of aromatic nitrogens is 3. The molecule has 1 atom stereocenters. The molecule has 0 spiro atoms. The first-order chi connectivity index (χ1) is 16.9. The summed E-state index contributed by atoms with van der Waals surface area (Å²) in [4.78, 5) is 17.3. The van der Waals surface area contributed by atoms with Crippen LogP contribution in [0, 0.1) is 11.6 Å². The maximum Gasteiger partial charge on any atom is 0.229 e. The molecule has 5 rings (SSSR count). The predicted molar refractivity (Wildman–Crippen MR) is 134 cm³/mol. The highest BCUT2D eigenvalue weighted by Gasteiger charge is 2.31. The van der Waals surface area contributed by atoms with Gasteiger partial charge in [-0.15, -0.1) is 0 Å². The zero-order chi connectivity index (χ0) is 24.5. The average Bonchev–Trinajstić information content (AvgIpc) is 3.19. The molecule has 1 saturated heterocycles. The van der Waals surface area contributed by atoms with Gasteiger partial charge in [-0.2, -0.15) is 0 Å². The third-order valence-corrected chi connectivity index (χ3v) is 6.37. The highest BCUT2D eigenvalue weighted by Crippen LogP contribution is 2.41. The third-order valence-electron chi connectivity index (χ3n) is 6.37. The number of halogens is 2. The lowest BCUT2D eigenvalue weighted by molar-refractivity contribution is 0.233. The fraction of sp³-hybridized carbons (Fsp3) is 0.400. The number of pyridine rings is 1. The van der Waals surface area contributed by atoms with Crippen LogP contribution >= 0.6 is 0 Å². The Morgan fingerprint density at radius 3 is 2.60 bits per heavy atom. The van der Waals surface area contributed by atoms with Gasteiger partial charge < -0.3 is 20.9 Å². The van der Waals surface area contributed by atoms with Crippen LogP contribution in [0.15, 0.2) is 36.7 Å². The van der Waals surface area contributed by atoms with Gasteiger partial charge in [0.15, 0.2) is 5.82 Å². The van der Waals surface area contributed by atoms with E-state index in [4.69, 9.17) is 0 Å². The van der Waals surface area contributed by atoms with Crippen LogP contribution in [-0.4, -0.2) is 58.2 Å². The molecule has 10 heteroatoms. The van der Waals surface area contributed by atoms with E-state index in [1.165, 1.54) is 6.07 Å². The second-order valence-corrected chi connectivity index (χ2v) is 9.27. The van der Waals surface area contributed by atoms with Crippen molar-refractivity contribution in [2.45, 2.75) is 39.5 Å². The molecule has 0 saturated carbocycles. The number of piperazine rings is 1. The molecule has 0 aliphatic carbocycles. The van der Waals surface area contributed by atoms with E-state index in [0.717, 1.165) is 44.5 Å². The summed E-state index contributed by atoms with van der Waals surface area (Å²) in [5.74, 6) is -0.321. The standard InChI is InChI=1S/C25H30F2N8/c1-15(2)35-16(3)31-24-19(26)10-18(11-21(24)35)23-20(27)13-30-25(33-23)32-22-5-4-17(12-29-22)14-34-8-6-28-7-9-34/h4-5,10-13,15-16,28,31H,6-9,14H2,1-3H3,(H,29,30,32,33). The molecule has 8 nitrogen and oxygen atoms in total. The maximum atomic E-state index is 14.9. The lowest BCUT2D eigenvalue weighted by Gasteiger charge is -2.28. The second-order valence-electron chi connectivity index (χ2n) is 9.27. The van der Waals surface area contributed by atoms with Crippen LogP contribution < -0.4 is 20.9 Å². The normalized spacial score (nSPS) is 18.0. The first kappa shape index (κ1) is 23.4. The Kier molecular flexibility index (Phi) is 6.48. The topological polar surface area (TPSA) is 81.2 Å². The molecule has 184 valence electrons. The van der Waals surface area contributed by atoms with Crippen molar-refractivity contribution in [1.82, 2.24) is 25.2 Å². The van der Waals surface area contributed by atoms with Crippen molar-refractivity contribution in [3.63, 3.8) is 0 Å². The van der Waals surface area contributed by atoms with Crippen LogP contribution in [0.5, 0.6) is 0 Å². The molecule has 2 aliphatic rings. The Morgan fingerprint density at radius 2 is 1.89 bits per heavy atom. The number of rotatable bonds is 6. The van der Waals surface area contributed by atoms with Crippen LogP contribution in [0.2, 0.25) is 0 Å². The van der Waals surface area contributed by atoms with Crippen molar-refractivity contribution in [2.75, 3.05) is 41.7 Å². The van der Waals surface area contributed by atoms with Gasteiger partial charge in [0.25, 0.3) is 0 Å². The molecule has 1 unspecified atom stereocenters. The van der Waals surface area contributed by atoms with E-state index in [0.29, 0.717) is 22.8 Å². The SMILES string of the molecule is CC(C)N1c2cc(-c3nc(Nc4ccc(CN5CCNCC5)cn4)ncc3F)cc(F)c2NC1C. The van der Waals surface area contributed by atoms with Crippen LogP contribution in [0.4, 0.5) is 31.9 Å². The summed E-state index contributed by atoms with van der Waals surface area (Å²) in [6.45, 7) is 10.9. The van der Waals surface area contributed by atoms with Crippen molar-refractivity contribution >= 4 is 23.1 Å². The van der Waals surface area contributed by atoms with Gasteiger partial charge >= 0.3 is 0 Å². The highest BCUT2D eigenvalue weighted by molar-refractivity contribution is 5.82. The molecule has 35 heavy (non-hydrogen) atoms. The summed E-state index contributed by atoms with van der Waals surface area (Å²) in [7, 11) is 0. The molecule has 1 aromatic carbocycles. The van der Waals surface area contributed by atoms with E-state index in [1.807, 2.05) is 39.1 Å². The fourth-order valence-corrected chi connectivity index (χ4v) is 4.75. The van der Waals surface area contributed by atoms with E-state index in [-0.39, 0.29) is 23.8 Å². The largest absolute Gasteiger partial charge is 0.361 e. The van der Waals surface area contributed by atoms with E-state index < -0.39 is 11.6 Å². The number of anilines is 4. The summed E-state index contributed by atoms with van der Waals surface area (Å²) in [6, 6.07) is 7.08. The summed E-state index contributed by atoms with van der Waals surface area (Å²) in [6.07, 6.45) is 2.84.